The fourth-order valence-corrected chi connectivity index (χ4v) is 4.43. The van der Waals surface area contributed by atoms with Gasteiger partial charge < -0.3 is 10.2 Å². The van der Waals surface area contributed by atoms with Gasteiger partial charge in [0, 0.05) is 31.5 Å². The summed E-state index contributed by atoms with van der Waals surface area (Å²) in [5.74, 6) is 0.182. The summed E-state index contributed by atoms with van der Waals surface area (Å²) < 4.78 is 13.3. The Bertz CT molecular complexity index is 1000. The fourth-order valence-electron chi connectivity index (χ4n) is 3.51. The number of benzene rings is 1. The quantitative estimate of drug-likeness (QED) is 0.685. The van der Waals surface area contributed by atoms with Crippen LogP contribution in [0.3, 0.4) is 0 Å². The van der Waals surface area contributed by atoms with Crippen molar-refractivity contribution in [3.05, 3.63) is 58.7 Å². The molecular weight excluding hydrogens is 389 g/mol. The minimum absolute atomic E-state index is 0.0514. The Morgan fingerprint density at radius 2 is 1.97 bits per heavy atom. The lowest BCUT2D eigenvalue weighted by atomic mass is 10.1. The van der Waals surface area contributed by atoms with E-state index in [-0.39, 0.29) is 17.8 Å². The number of aromatic nitrogens is 3. The van der Waals surface area contributed by atoms with Gasteiger partial charge in [-0.2, -0.15) is 0 Å². The Morgan fingerprint density at radius 3 is 2.69 bits per heavy atom. The smallest absolute Gasteiger partial charge is 0.274 e. The molecule has 0 unspecified atom stereocenters. The third-order valence-electron chi connectivity index (χ3n) is 4.96. The SMILES string of the molecule is Cc1cnc(NC[C@@H]2CCCN2C(=O)c2nc(C)sc2-c2ccc(F)cc2)nc1. The molecule has 150 valence electrons. The van der Waals surface area contributed by atoms with Crippen molar-refractivity contribution < 1.29 is 9.18 Å². The van der Waals surface area contributed by atoms with Gasteiger partial charge in [-0.1, -0.05) is 12.1 Å². The van der Waals surface area contributed by atoms with Crippen LogP contribution in [0.2, 0.25) is 0 Å². The molecule has 29 heavy (non-hydrogen) atoms. The maximum atomic E-state index is 13.3. The molecule has 1 aliphatic rings. The van der Waals surface area contributed by atoms with E-state index < -0.39 is 0 Å². The van der Waals surface area contributed by atoms with E-state index in [1.165, 1.54) is 23.5 Å². The summed E-state index contributed by atoms with van der Waals surface area (Å²) in [6.07, 6.45) is 5.39. The van der Waals surface area contributed by atoms with E-state index in [0.29, 0.717) is 24.7 Å². The Morgan fingerprint density at radius 1 is 1.24 bits per heavy atom. The summed E-state index contributed by atoms with van der Waals surface area (Å²) in [4.78, 5) is 29.0. The van der Waals surface area contributed by atoms with Crippen LogP contribution < -0.4 is 5.32 Å². The van der Waals surface area contributed by atoms with Crippen LogP contribution in [0, 0.1) is 19.7 Å². The third-order valence-corrected chi connectivity index (χ3v) is 5.98. The molecular formula is C21H22FN5OS. The van der Waals surface area contributed by atoms with Crippen molar-refractivity contribution >= 4 is 23.2 Å². The average Bonchev–Trinajstić information content (AvgIpc) is 3.34. The van der Waals surface area contributed by atoms with Crippen LogP contribution in [0.4, 0.5) is 10.3 Å². The van der Waals surface area contributed by atoms with E-state index in [0.717, 1.165) is 33.9 Å². The normalized spacial score (nSPS) is 16.2. The number of aryl methyl sites for hydroxylation is 2. The van der Waals surface area contributed by atoms with Crippen molar-refractivity contribution in [3.8, 4) is 10.4 Å². The zero-order chi connectivity index (χ0) is 20.4. The van der Waals surface area contributed by atoms with Gasteiger partial charge in [-0.15, -0.1) is 11.3 Å². The van der Waals surface area contributed by atoms with Gasteiger partial charge in [-0.05, 0) is 49.9 Å². The van der Waals surface area contributed by atoms with Gasteiger partial charge in [0.2, 0.25) is 5.95 Å². The molecule has 0 radical (unpaired) electrons. The third kappa shape index (κ3) is 4.27. The first-order valence-electron chi connectivity index (χ1n) is 9.58. The number of amides is 1. The Labute approximate surface area is 172 Å². The van der Waals surface area contributed by atoms with Crippen LogP contribution in [-0.4, -0.2) is 44.9 Å². The molecule has 3 aromatic rings. The number of hydrogen-bond acceptors (Lipinski definition) is 6. The van der Waals surface area contributed by atoms with E-state index in [4.69, 9.17) is 0 Å². The van der Waals surface area contributed by atoms with Gasteiger partial charge >= 0.3 is 0 Å². The first-order valence-corrected chi connectivity index (χ1v) is 10.4. The number of hydrogen-bond donors (Lipinski definition) is 1. The van der Waals surface area contributed by atoms with Crippen molar-refractivity contribution in [1.82, 2.24) is 19.9 Å². The molecule has 1 fully saturated rings. The number of thiazole rings is 1. The van der Waals surface area contributed by atoms with Gasteiger partial charge in [0.05, 0.1) is 9.88 Å². The predicted octanol–water partition coefficient (Wildman–Crippen LogP) is 4.07. The highest BCUT2D eigenvalue weighted by molar-refractivity contribution is 7.15. The second-order valence-electron chi connectivity index (χ2n) is 7.18. The molecule has 0 bridgehead atoms. The number of likely N-dealkylation sites (tertiary alicyclic amines) is 1. The molecule has 3 heterocycles. The summed E-state index contributed by atoms with van der Waals surface area (Å²) in [5.41, 5.74) is 2.25. The molecule has 1 saturated heterocycles. The average molecular weight is 412 g/mol. The van der Waals surface area contributed by atoms with Gasteiger partial charge in [0.15, 0.2) is 0 Å². The lowest BCUT2D eigenvalue weighted by Crippen LogP contribution is -2.40. The topological polar surface area (TPSA) is 71.0 Å². The highest BCUT2D eigenvalue weighted by Crippen LogP contribution is 2.32. The largest absolute Gasteiger partial charge is 0.352 e. The van der Waals surface area contributed by atoms with E-state index >= 15 is 0 Å². The number of carbonyl (C=O) groups is 1. The summed E-state index contributed by atoms with van der Waals surface area (Å²) in [6.45, 7) is 5.10. The van der Waals surface area contributed by atoms with Crippen molar-refractivity contribution in [2.24, 2.45) is 0 Å². The highest BCUT2D eigenvalue weighted by atomic mass is 32.1. The first kappa shape index (κ1) is 19.4. The van der Waals surface area contributed by atoms with Crippen molar-refractivity contribution in [2.45, 2.75) is 32.7 Å². The molecule has 1 aliphatic heterocycles. The molecule has 8 heteroatoms. The number of nitrogens with zero attached hydrogens (tertiary/aromatic N) is 4. The second kappa shape index (κ2) is 8.24. The van der Waals surface area contributed by atoms with Crippen LogP contribution >= 0.6 is 11.3 Å². The van der Waals surface area contributed by atoms with Gasteiger partial charge in [-0.25, -0.2) is 19.3 Å². The number of nitrogens with one attached hydrogen (secondary N) is 1. The fraction of sp³-hybridized carbons (Fsp3) is 0.333. The lowest BCUT2D eigenvalue weighted by Gasteiger charge is -2.24. The molecule has 1 atom stereocenters. The maximum Gasteiger partial charge on any atom is 0.274 e. The molecule has 0 saturated carbocycles. The summed E-state index contributed by atoms with van der Waals surface area (Å²) in [7, 11) is 0. The van der Waals surface area contributed by atoms with Crippen LogP contribution in [0.15, 0.2) is 36.7 Å². The number of rotatable bonds is 5. The maximum absolute atomic E-state index is 13.3. The molecule has 2 aromatic heterocycles. The predicted molar refractivity (Wildman–Crippen MR) is 112 cm³/mol. The van der Waals surface area contributed by atoms with Crippen molar-refractivity contribution in [2.75, 3.05) is 18.4 Å². The molecule has 0 aliphatic carbocycles. The Hall–Kier alpha value is -2.87. The molecule has 4 rings (SSSR count). The standard InChI is InChI=1S/C21H22FN5OS/c1-13-10-23-21(24-11-13)25-12-17-4-3-9-27(17)20(28)18-19(29-14(2)26-18)15-5-7-16(22)8-6-15/h5-8,10-11,17H,3-4,9,12H2,1-2H3,(H,23,24,25)/t17-/m0/s1. The van der Waals surface area contributed by atoms with Crippen LogP contribution in [0.1, 0.15) is 33.9 Å². The number of halogens is 1. The van der Waals surface area contributed by atoms with Crippen molar-refractivity contribution in [1.29, 1.82) is 0 Å². The molecule has 1 amide bonds. The molecule has 1 aromatic carbocycles. The minimum atomic E-state index is -0.299. The Balaban J connectivity index is 1.52. The first-order chi connectivity index (χ1) is 14.0. The van der Waals surface area contributed by atoms with Gasteiger partial charge in [-0.3, -0.25) is 4.79 Å². The van der Waals surface area contributed by atoms with E-state index in [9.17, 15) is 9.18 Å². The summed E-state index contributed by atoms with van der Waals surface area (Å²) >= 11 is 1.46. The molecule has 0 spiro atoms. The van der Waals surface area contributed by atoms with E-state index in [1.807, 2.05) is 18.7 Å². The molecule has 6 nitrogen and oxygen atoms in total. The monoisotopic (exact) mass is 411 g/mol. The zero-order valence-electron chi connectivity index (χ0n) is 16.4. The lowest BCUT2D eigenvalue weighted by molar-refractivity contribution is 0.0739. The van der Waals surface area contributed by atoms with Crippen LogP contribution in [-0.2, 0) is 0 Å². The summed E-state index contributed by atoms with van der Waals surface area (Å²) in [6, 6.07) is 6.25. The number of anilines is 1. The van der Waals surface area contributed by atoms with E-state index in [1.54, 1.807) is 24.5 Å². The van der Waals surface area contributed by atoms with Gasteiger partial charge in [0.25, 0.3) is 5.91 Å². The van der Waals surface area contributed by atoms with Crippen molar-refractivity contribution in [3.63, 3.8) is 0 Å². The van der Waals surface area contributed by atoms with Gasteiger partial charge in [0.1, 0.15) is 11.5 Å². The highest BCUT2D eigenvalue weighted by Gasteiger charge is 2.32. The minimum Gasteiger partial charge on any atom is -0.352 e. The van der Waals surface area contributed by atoms with Crippen LogP contribution in [0.5, 0.6) is 0 Å². The number of carbonyl (C=O) groups excluding carboxylic acids is 1. The van der Waals surface area contributed by atoms with E-state index in [2.05, 4.69) is 20.3 Å². The Kier molecular flexibility index (Phi) is 5.53. The second-order valence-corrected chi connectivity index (χ2v) is 8.38. The van der Waals surface area contributed by atoms with Crippen LogP contribution in [0.25, 0.3) is 10.4 Å². The zero-order valence-corrected chi connectivity index (χ0v) is 17.2. The summed E-state index contributed by atoms with van der Waals surface area (Å²) in [5, 5.41) is 4.05. The molecule has 1 N–H and O–H groups in total.